The van der Waals surface area contributed by atoms with Gasteiger partial charge in [0.05, 0.1) is 11.0 Å². The highest BCUT2D eigenvalue weighted by atomic mass is 15.1. The van der Waals surface area contributed by atoms with Gasteiger partial charge in [0.1, 0.15) is 0 Å². The lowest BCUT2D eigenvalue weighted by molar-refractivity contribution is 1.28. The minimum absolute atomic E-state index is 0.123. The quantitative estimate of drug-likeness (QED) is 0.189. The van der Waals surface area contributed by atoms with Crippen molar-refractivity contribution in [2.24, 2.45) is 0 Å². The number of rotatable bonds is 6. The molecule has 0 aliphatic carbocycles. The van der Waals surface area contributed by atoms with Gasteiger partial charge in [-0.1, -0.05) is 145 Å². The van der Waals surface area contributed by atoms with E-state index in [-0.39, 0.29) is 58.8 Å². The van der Waals surface area contributed by atoms with E-state index < -0.39 is 12.1 Å². The fraction of sp³-hybridized carbons (Fsp3) is 0. The van der Waals surface area contributed by atoms with Crippen LogP contribution in [0.3, 0.4) is 0 Å². The van der Waals surface area contributed by atoms with E-state index in [0.29, 0.717) is 16.8 Å². The van der Waals surface area contributed by atoms with E-state index in [2.05, 4.69) is 0 Å². The van der Waals surface area contributed by atoms with Crippen molar-refractivity contribution in [2.75, 3.05) is 4.90 Å². The first-order valence-electron chi connectivity index (χ1n) is 18.8. The maximum Gasteiger partial charge on any atom is 0.0651 e. The number of hydrogen-bond acceptors (Lipinski definition) is 1. The van der Waals surface area contributed by atoms with Gasteiger partial charge in [-0.3, -0.25) is 0 Å². The molecule has 8 aromatic carbocycles. The van der Waals surface area contributed by atoms with Crippen LogP contribution in [0.25, 0.3) is 54.9 Å². The topological polar surface area (TPSA) is 3.24 Å². The van der Waals surface area contributed by atoms with Gasteiger partial charge in [-0.15, -0.1) is 0 Å². The van der Waals surface area contributed by atoms with Crippen molar-refractivity contribution < 1.29 is 11.0 Å². The highest BCUT2D eigenvalue weighted by Gasteiger charge is 2.15. The molecule has 0 heterocycles. The van der Waals surface area contributed by atoms with E-state index in [1.54, 1.807) is 36.4 Å². The SMILES string of the molecule is [2H]c1c([2H])c(-c2ccc3ccccc3c2)c([2H])c(N(c2cccc(-c3cccc4ccccc34)c2)c2c([2H])c([2H])c(-c3ccccc3)c([2H])c2[2H])c1[2H]. The monoisotopic (exact) mass is 581 g/mol. The maximum atomic E-state index is 9.67. The molecule has 0 radical (unpaired) electrons. The smallest absolute Gasteiger partial charge is 0.0651 e. The first-order chi connectivity index (χ1) is 25.7. The van der Waals surface area contributed by atoms with Gasteiger partial charge in [-0.25, -0.2) is 0 Å². The van der Waals surface area contributed by atoms with Crippen molar-refractivity contribution in [1.29, 1.82) is 0 Å². The molecular weight excluding hydrogens is 542 g/mol. The van der Waals surface area contributed by atoms with Crippen molar-refractivity contribution in [3.8, 4) is 33.4 Å². The van der Waals surface area contributed by atoms with Crippen LogP contribution in [0.15, 0.2) is 188 Å². The van der Waals surface area contributed by atoms with Crippen LogP contribution in [0.5, 0.6) is 0 Å². The number of fused-ring (bicyclic) bond motifs is 2. The van der Waals surface area contributed by atoms with Gasteiger partial charge in [0.15, 0.2) is 0 Å². The molecule has 0 atom stereocenters. The molecule has 8 rings (SSSR count). The van der Waals surface area contributed by atoms with Crippen LogP contribution in [-0.2, 0) is 0 Å². The molecule has 8 aromatic rings. The molecule has 1 heteroatoms. The third-order valence-corrected chi connectivity index (χ3v) is 7.98. The van der Waals surface area contributed by atoms with Crippen LogP contribution >= 0.6 is 0 Å². The zero-order valence-corrected chi connectivity index (χ0v) is 24.2. The minimum atomic E-state index is -0.441. The molecule has 0 aliphatic rings. The fourth-order valence-electron chi connectivity index (χ4n) is 5.76. The highest BCUT2D eigenvalue weighted by molar-refractivity contribution is 5.97. The van der Waals surface area contributed by atoms with Crippen LogP contribution in [0, 0.1) is 0 Å². The highest BCUT2D eigenvalue weighted by Crippen LogP contribution is 2.40. The maximum absolute atomic E-state index is 9.67. The van der Waals surface area contributed by atoms with E-state index in [1.807, 2.05) is 103 Å². The number of anilines is 3. The van der Waals surface area contributed by atoms with E-state index in [4.69, 9.17) is 5.48 Å². The summed E-state index contributed by atoms with van der Waals surface area (Å²) in [5, 5.41) is 3.88. The molecule has 212 valence electrons. The Morgan fingerprint density at radius 1 is 0.378 bits per heavy atom. The average molecular weight is 582 g/mol. The predicted octanol–water partition coefficient (Wildman–Crippen LogP) is 12.5. The van der Waals surface area contributed by atoms with E-state index >= 15 is 0 Å². The Kier molecular flexibility index (Phi) is 5.01. The Morgan fingerprint density at radius 3 is 1.96 bits per heavy atom. The summed E-state index contributed by atoms with van der Waals surface area (Å²) in [4.78, 5) is 1.40. The largest absolute Gasteiger partial charge is 0.310 e. The number of nitrogens with zero attached hydrogens (tertiary/aromatic N) is 1. The van der Waals surface area contributed by atoms with Crippen molar-refractivity contribution in [3.05, 3.63) is 188 Å². The molecule has 0 saturated heterocycles. The summed E-state index contributed by atoms with van der Waals surface area (Å²) in [7, 11) is 0. The molecule has 1 nitrogen and oxygen atoms in total. The standard InChI is InChI=1S/C44H31N/c1-2-11-32(12-3-1)34-25-27-40(28-26-34)45(41-19-8-17-37(30-41)38-24-23-33-13-4-5-15-36(33)29-38)42-20-9-18-39(31-42)44-22-10-16-35-14-6-7-21-43(35)44/h1-31H/i8D,17D,19D,25D,26D,27D,28D,30D. The summed E-state index contributed by atoms with van der Waals surface area (Å²) >= 11 is 0. The zero-order valence-electron chi connectivity index (χ0n) is 32.2. The molecule has 0 spiro atoms. The predicted molar refractivity (Wildman–Crippen MR) is 192 cm³/mol. The lowest BCUT2D eigenvalue weighted by atomic mass is 9.97. The Morgan fingerprint density at radius 2 is 1.09 bits per heavy atom. The Bertz CT molecular complexity index is 2690. The molecule has 45 heavy (non-hydrogen) atoms. The van der Waals surface area contributed by atoms with Gasteiger partial charge < -0.3 is 4.90 Å². The molecule has 0 unspecified atom stereocenters. The Balaban J connectivity index is 1.44. The van der Waals surface area contributed by atoms with Gasteiger partial charge in [-0.05, 0) is 97.3 Å². The van der Waals surface area contributed by atoms with Crippen molar-refractivity contribution in [1.82, 2.24) is 0 Å². The Labute approximate surface area is 275 Å². The normalized spacial score (nSPS) is 13.6. The second kappa shape index (κ2) is 11.6. The van der Waals surface area contributed by atoms with Crippen LogP contribution in [-0.4, -0.2) is 0 Å². The molecule has 0 amide bonds. The molecule has 0 N–H and O–H groups in total. The summed E-state index contributed by atoms with van der Waals surface area (Å²) < 4.78 is 74.0. The van der Waals surface area contributed by atoms with Crippen LogP contribution in [0.4, 0.5) is 17.1 Å². The van der Waals surface area contributed by atoms with Gasteiger partial charge in [0.2, 0.25) is 0 Å². The third-order valence-electron chi connectivity index (χ3n) is 7.98. The molecule has 0 aromatic heterocycles. The number of hydrogen-bond donors (Lipinski definition) is 0. The lowest BCUT2D eigenvalue weighted by Gasteiger charge is -2.27. The van der Waals surface area contributed by atoms with E-state index in [0.717, 1.165) is 32.7 Å². The third kappa shape index (κ3) is 5.26. The summed E-state index contributed by atoms with van der Waals surface area (Å²) in [5.74, 6) is 0. The van der Waals surface area contributed by atoms with Crippen LogP contribution in [0.2, 0.25) is 0 Å². The summed E-state index contributed by atoms with van der Waals surface area (Å²) in [6.07, 6.45) is 0. The minimum Gasteiger partial charge on any atom is -0.310 e. The van der Waals surface area contributed by atoms with Crippen LogP contribution < -0.4 is 4.90 Å². The number of benzene rings is 8. The van der Waals surface area contributed by atoms with Crippen molar-refractivity contribution in [2.45, 2.75) is 0 Å². The second-order valence-corrected chi connectivity index (χ2v) is 10.8. The van der Waals surface area contributed by atoms with Crippen molar-refractivity contribution in [3.63, 3.8) is 0 Å². The second-order valence-electron chi connectivity index (χ2n) is 10.8. The Hall–Kier alpha value is -5.92. The molecule has 0 bridgehead atoms. The first-order valence-corrected chi connectivity index (χ1v) is 14.8. The summed E-state index contributed by atoms with van der Waals surface area (Å²) in [5.41, 5.74) is 3.06. The van der Waals surface area contributed by atoms with Gasteiger partial charge in [-0.2, -0.15) is 0 Å². The van der Waals surface area contributed by atoms with E-state index in [1.165, 1.54) is 4.90 Å². The molecule has 0 saturated carbocycles. The van der Waals surface area contributed by atoms with Crippen LogP contribution in [0.1, 0.15) is 11.0 Å². The molecule has 0 aliphatic heterocycles. The summed E-state index contributed by atoms with van der Waals surface area (Å²) in [6, 6.07) is 40.7. The summed E-state index contributed by atoms with van der Waals surface area (Å²) in [6.45, 7) is 0. The van der Waals surface area contributed by atoms with Gasteiger partial charge >= 0.3 is 0 Å². The zero-order chi connectivity index (χ0) is 37.0. The first kappa shape index (κ1) is 19.4. The van der Waals surface area contributed by atoms with Gasteiger partial charge in [0, 0.05) is 17.1 Å². The molecular formula is C44H31N. The average Bonchev–Trinajstić information content (AvgIpc) is 3.19. The van der Waals surface area contributed by atoms with Gasteiger partial charge in [0.25, 0.3) is 0 Å². The fourth-order valence-corrected chi connectivity index (χ4v) is 5.76. The van der Waals surface area contributed by atoms with Crippen molar-refractivity contribution >= 4 is 38.6 Å². The molecule has 0 fully saturated rings. The van der Waals surface area contributed by atoms with E-state index in [9.17, 15) is 5.48 Å². The lowest BCUT2D eigenvalue weighted by Crippen LogP contribution is -2.10.